The number of hydrogen-bond acceptors (Lipinski definition) is 6. The van der Waals surface area contributed by atoms with Gasteiger partial charge in [0, 0.05) is 44.4 Å². The van der Waals surface area contributed by atoms with Crippen LogP contribution in [0.25, 0.3) is 11.3 Å². The van der Waals surface area contributed by atoms with Gasteiger partial charge in [-0.3, -0.25) is 5.32 Å². The first-order valence-corrected chi connectivity index (χ1v) is 9.86. The molecule has 0 saturated carbocycles. The van der Waals surface area contributed by atoms with E-state index in [1.807, 2.05) is 6.92 Å². The Balaban J connectivity index is 1.90. The normalized spacial score (nSPS) is 21.6. The maximum Gasteiger partial charge on any atom is 0.416 e. The molecular weight excluding hydrogens is 437 g/mol. The summed E-state index contributed by atoms with van der Waals surface area (Å²) in [5.74, 6) is -3.64. The van der Waals surface area contributed by atoms with Crippen LogP contribution in [-0.2, 0) is 10.9 Å². The van der Waals surface area contributed by atoms with Crippen molar-refractivity contribution < 1.29 is 31.5 Å². The minimum atomic E-state index is -4.68. The molecule has 1 fully saturated rings. The molecule has 0 radical (unpaired) electrons. The highest BCUT2D eigenvalue weighted by Crippen LogP contribution is 2.45. The fraction of sp³-hybridized carbons (Fsp3) is 0.450. The number of anilines is 2. The van der Waals surface area contributed by atoms with Crippen LogP contribution in [0.4, 0.5) is 38.4 Å². The number of carbonyl (C=O) groups is 1. The molecule has 4 heterocycles. The van der Waals surface area contributed by atoms with Crippen molar-refractivity contribution in [1.29, 1.82) is 0 Å². The molecule has 2 N–H and O–H groups in total. The van der Waals surface area contributed by atoms with Gasteiger partial charge < -0.3 is 15.0 Å². The fourth-order valence-corrected chi connectivity index (χ4v) is 3.83. The lowest BCUT2D eigenvalue weighted by molar-refractivity contribution is -0.137. The van der Waals surface area contributed by atoms with Crippen LogP contribution < -0.4 is 15.5 Å². The van der Waals surface area contributed by atoms with Gasteiger partial charge in [-0.05, 0) is 25.1 Å². The molecule has 2 aliphatic rings. The Kier molecular flexibility index (Phi) is 5.43. The van der Waals surface area contributed by atoms with Gasteiger partial charge >= 0.3 is 12.3 Å². The van der Waals surface area contributed by atoms with E-state index in [0.29, 0.717) is 26.6 Å². The zero-order valence-electron chi connectivity index (χ0n) is 17.1. The summed E-state index contributed by atoms with van der Waals surface area (Å²) in [5, 5.41) is 5.43. The molecule has 0 aliphatic carbocycles. The van der Waals surface area contributed by atoms with Crippen molar-refractivity contribution in [2.75, 3.05) is 29.9 Å². The van der Waals surface area contributed by atoms with E-state index in [1.54, 1.807) is 4.90 Å². The molecule has 1 saturated heterocycles. The van der Waals surface area contributed by atoms with E-state index in [4.69, 9.17) is 4.74 Å². The second-order valence-electron chi connectivity index (χ2n) is 7.89. The van der Waals surface area contributed by atoms with Gasteiger partial charge in [0.05, 0.1) is 16.8 Å². The van der Waals surface area contributed by atoms with Crippen LogP contribution >= 0.6 is 0 Å². The Labute approximate surface area is 180 Å². The number of nitrogens with zero attached hydrogens (tertiary/aromatic N) is 3. The summed E-state index contributed by atoms with van der Waals surface area (Å²) in [5.41, 5.74) is -1.40. The van der Waals surface area contributed by atoms with E-state index in [9.17, 15) is 26.7 Å². The van der Waals surface area contributed by atoms with Crippen LogP contribution in [0, 0.1) is 0 Å². The molecule has 32 heavy (non-hydrogen) atoms. The summed E-state index contributed by atoms with van der Waals surface area (Å²) in [6.07, 6.45) is -6.63. The number of pyridine rings is 2. The van der Waals surface area contributed by atoms with Gasteiger partial charge in [0.25, 0.3) is 5.92 Å². The van der Waals surface area contributed by atoms with Crippen LogP contribution in [0.3, 0.4) is 0 Å². The van der Waals surface area contributed by atoms with Crippen LogP contribution in [0.2, 0.25) is 0 Å². The maximum atomic E-state index is 14.3. The molecule has 0 aromatic carbocycles. The summed E-state index contributed by atoms with van der Waals surface area (Å²) >= 11 is 0. The largest absolute Gasteiger partial charge is 0.434 e. The van der Waals surface area contributed by atoms with Crippen molar-refractivity contribution in [2.45, 2.75) is 38.1 Å². The van der Waals surface area contributed by atoms with Crippen molar-refractivity contribution >= 4 is 17.7 Å². The Morgan fingerprint density at radius 1 is 1.22 bits per heavy atom. The quantitative estimate of drug-likeness (QED) is 0.672. The maximum absolute atomic E-state index is 14.3. The first-order chi connectivity index (χ1) is 14.9. The number of carbonyl (C=O) groups excluding carboxylic acids is 1. The third-order valence-electron chi connectivity index (χ3n) is 5.27. The fourth-order valence-electron chi connectivity index (χ4n) is 3.83. The number of ether oxygens (including phenoxy) is 1. The SMILES string of the molecule is C[C@H]1CN(c2cc(C(F)(F)F)cc(-c3ccnc4c3[C@H](C(C)(F)F)OC(=O)N4)n2)CCN1. The van der Waals surface area contributed by atoms with E-state index in [-0.39, 0.29) is 34.5 Å². The predicted molar refractivity (Wildman–Crippen MR) is 106 cm³/mol. The number of fused-ring (bicyclic) bond motifs is 1. The number of alkyl halides is 5. The molecule has 0 unspecified atom stereocenters. The third kappa shape index (κ3) is 4.31. The van der Waals surface area contributed by atoms with Crippen molar-refractivity contribution in [1.82, 2.24) is 15.3 Å². The van der Waals surface area contributed by atoms with E-state index in [1.165, 1.54) is 12.3 Å². The van der Waals surface area contributed by atoms with Crippen LogP contribution in [0.15, 0.2) is 24.4 Å². The topological polar surface area (TPSA) is 79.4 Å². The van der Waals surface area contributed by atoms with Crippen LogP contribution in [-0.4, -0.2) is 47.7 Å². The van der Waals surface area contributed by atoms with Crippen LogP contribution in [0.5, 0.6) is 0 Å². The second-order valence-corrected chi connectivity index (χ2v) is 7.89. The van der Waals surface area contributed by atoms with Gasteiger partial charge in [-0.1, -0.05) is 0 Å². The number of hydrogen-bond donors (Lipinski definition) is 2. The van der Waals surface area contributed by atoms with Crippen molar-refractivity contribution in [3.05, 3.63) is 35.5 Å². The lowest BCUT2D eigenvalue weighted by Crippen LogP contribution is -2.49. The van der Waals surface area contributed by atoms with E-state index >= 15 is 0 Å². The van der Waals surface area contributed by atoms with Gasteiger partial charge in [-0.2, -0.15) is 13.2 Å². The molecule has 2 aromatic heterocycles. The summed E-state index contributed by atoms with van der Waals surface area (Å²) < 4.78 is 74.4. The van der Waals surface area contributed by atoms with Crippen molar-refractivity contribution in [3.63, 3.8) is 0 Å². The summed E-state index contributed by atoms with van der Waals surface area (Å²) in [7, 11) is 0. The standard InChI is InChI=1S/C20H20F5N5O2/c1-10-9-30(6-5-26-10)14-8-11(20(23,24)25)7-13(28-14)12-3-4-27-17-15(12)16(19(2,21)22)32-18(31)29-17/h3-4,7-8,10,16,26H,5-6,9H2,1-2H3,(H,27,29,31)/t10-,16+/m0/s1. The van der Waals surface area contributed by atoms with Gasteiger partial charge in [0.2, 0.25) is 0 Å². The number of aromatic nitrogens is 2. The van der Waals surface area contributed by atoms with Crippen molar-refractivity contribution in [2.24, 2.45) is 0 Å². The zero-order valence-corrected chi connectivity index (χ0v) is 17.1. The first kappa shape index (κ1) is 22.2. The smallest absolute Gasteiger partial charge is 0.416 e. The molecule has 2 aromatic rings. The van der Waals surface area contributed by atoms with E-state index in [2.05, 4.69) is 20.6 Å². The number of piperazine rings is 1. The Hall–Kier alpha value is -3.02. The molecule has 7 nitrogen and oxygen atoms in total. The van der Waals surface area contributed by atoms with E-state index in [0.717, 1.165) is 12.1 Å². The third-order valence-corrected chi connectivity index (χ3v) is 5.27. The number of rotatable bonds is 3. The molecule has 0 spiro atoms. The Bertz CT molecular complexity index is 1040. The summed E-state index contributed by atoms with van der Waals surface area (Å²) in [6, 6.07) is 3.06. The minimum absolute atomic E-state index is 0.0305. The van der Waals surface area contributed by atoms with Gasteiger partial charge in [0.1, 0.15) is 11.6 Å². The number of cyclic esters (lactones) is 1. The zero-order chi connectivity index (χ0) is 23.3. The predicted octanol–water partition coefficient (Wildman–Crippen LogP) is 4.22. The average Bonchev–Trinajstić information content (AvgIpc) is 2.71. The second kappa shape index (κ2) is 7.84. The summed E-state index contributed by atoms with van der Waals surface area (Å²) in [4.78, 5) is 21.7. The molecule has 2 aliphatic heterocycles. The number of amides is 1. The van der Waals surface area contributed by atoms with Crippen molar-refractivity contribution in [3.8, 4) is 11.3 Å². The average molecular weight is 457 g/mol. The van der Waals surface area contributed by atoms with E-state index < -0.39 is 29.9 Å². The highest BCUT2D eigenvalue weighted by atomic mass is 19.4. The molecular formula is C20H20F5N5O2. The Morgan fingerprint density at radius 3 is 2.62 bits per heavy atom. The number of halogens is 5. The highest BCUT2D eigenvalue weighted by Gasteiger charge is 2.45. The van der Waals surface area contributed by atoms with Gasteiger partial charge in [-0.25, -0.2) is 23.5 Å². The lowest BCUT2D eigenvalue weighted by Gasteiger charge is -2.34. The minimum Gasteiger partial charge on any atom is -0.434 e. The monoisotopic (exact) mass is 457 g/mol. The molecule has 2 atom stereocenters. The summed E-state index contributed by atoms with van der Waals surface area (Å²) in [6.45, 7) is 3.87. The van der Waals surface area contributed by atoms with Crippen LogP contribution in [0.1, 0.15) is 31.1 Å². The molecule has 0 bridgehead atoms. The molecule has 4 rings (SSSR count). The molecule has 172 valence electrons. The first-order valence-electron chi connectivity index (χ1n) is 9.86. The van der Waals surface area contributed by atoms with Gasteiger partial charge in [-0.15, -0.1) is 0 Å². The molecule has 1 amide bonds. The Morgan fingerprint density at radius 2 is 1.97 bits per heavy atom. The van der Waals surface area contributed by atoms with Gasteiger partial charge in [0.15, 0.2) is 6.10 Å². The lowest BCUT2D eigenvalue weighted by atomic mass is 9.95. The number of nitrogens with one attached hydrogen (secondary N) is 2. The highest BCUT2D eigenvalue weighted by molar-refractivity contribution is 5.89. The molecule has 12 heteroatoms.